The molecule has 1 heterocycles. The van der Waals surface area contributed by atoms with E-state index in [4.69, 9.17) is 4.74 Å². The van der Waals surface area contributed by atoms with Crippen LogP contribution in [-0.4, -0.2) is 17.0 Å². The Bertz CT molecular complexity index is 350. The third kappa shape index (κ3) is 2.62. The van der Waals surface area contributed by atoms with Gasteiger partial charge in [-0.1, -0.05) is 6.08 Å². The minimum atomic E-state index is -0.321. The second kappa shape index (κ2) is 4.24. The van der Waals surface area contributed by atoms with Crippen molar-refractivity contribution in [1.82, 2.24) is 0 Å². The Balaban J connectivity index is 2.17. The van der Waals surface area contributed by atoms with E-state index in [-0.39, 0.29) is 17.1 Å². The van der Waals surface area contributed by atoms with E-state index < -0.39 is 0 Å². The van der Waals surface area contributed by atoms with Gasteiger partial charge in [0.2, 0.25) is 0 Å². The van der Waals surface area contributed by atoms with Gasteiger partial charge in [0.1, 0.15) is 0 Å². The van der Waals surface area contributed by atoms with Crippen LogP contribution in [-0.2, 0) is 9.53 Å². The van der Waals surface area contributed by atoms with Gasteiger partial charge in [-0.2, -0.15) is 0 Å². The lowest BCUT2D eigenvalue weighted by Crippen LogP contribution is -2.34. The highest BCUT2D eigenvalue weighted by atomic mass is 16.5. The number of hydrogen-bond acceptors (Lipinski definition) is 2. The number of allylic oxidation sites excluding steroid dienone is 2. The molecule has 2 nitrogen and oxygen atoms in total. The summed E-state index contributed by atoms with van der Waals surface area (Å²) in [7, 11) is 0. The van der Waals surface area contributed by atoms with Crippen LogP contribution in [0.1, 0.15) is 59.8 Å². The van der Waals surface area contributed by atoms with Gasteiger partial charge in [-0.25, -0.2) is 0 Å². The number of ether oxygens (including phenoxy) is 1. The first kappa shape index (κ1) is 12.8. The number of Topliss-reactive ketones (excluding diaryl/α,β-unsaturated/α-hetero) is 1. The molecule has 0 aromatic carbocycles. The highest BCUT2D eigenvalue weighted by Crippen LogP contribution is 2.43. The van der Waals surface area contributed by atoms with Gasteiger partial charge in [0.05, 0.1) is 17.1 Å². The van der Waals surface area contributed by atoms with Gasteiger partial charge < -0.3 is 4.74 Å². The first-order chi connectivity index (χ1) is 7.82. The minimum Gasteiger partial charge on any atom is -0.369 e. The minimum absolute atomic E-state index is 0.0295. The Labute approximate surface area is 104 Å². The standard InChI is InChI=1S/C15H24O2/c1-14(2)10-12(15(3,4)17-14)13(16)11-8-6-5-7-9-11/h8,12H,5-7,9-10H2,1-4H3. The molecule has 1 atom stereocenters. The van der Waals surface area contributed by atoms with Crippen LogP contribution in [0.3, 0.4) is 0 Å². The molecule has 96 valence electrons. The fraction of sp³-hybridized carbons (Fsp3) is 0.800. The van der Waals surface area contributed by atoms with E-state index in [2.05, 4.69) is 19.9 Å². The number of ketones is 1. The summed E-state index contributed by atoms with van der Waals surface area (Å²) in [5.41, 5.74) is 0.563. The van der Waals surface area contributed by atoms with Crippen LogP contribution in [0.25, 0.3) is 0 Å². The molecule has 0 spiro atoms. The lowest BCUT2D eigenvalue weighted by atomic mass is 9.79. The van der Waals surface area contributed by atoms with E-state index in [9.17, 15) is 4.79 Å². The number of carbonyl (C=O) groups excluding carboxylic acids is 1. The van der Waals surface area contributed by atoms with Gasteiger partial charge in [-0.05, 0) is 65.4 Å². The molecule has 0 radical (unpaired) electrons. The SMILES string of the molecule is CC1(C)CC(C(=O)C2=CCCCC2)C(C)(C)O1. The lowest BCUT2D eigenvalue weighted by molar-refractivity contribution is -0.126. The van der Waals surface area contributed by atoms with Gasteiger partial charge in [0, 0.05) is 0 Å². The zero-order chi connectivity index (χ0) is 12.7. The van der Waals surface area contributed by atoms with Crippen molar-refractivity contribution in [1.29, 1.82) is 0 Å². The van der Waals surface area contributed by atoms with Crippen LogP contribution in [0, 0.1) is 5.92 Å². The molecular formula is C15H24O2. The molecule has 1 fully saturated rings. The molecule has 1 aliphatic carbocycles. The monoisotopic (exact) mass is 236 g/mol. The van der Waals surface area contributed by atoms with E-state index in [1.165, 1.54) is 6.42 Å². The van der Waals surface area contributed by atoms with Crippen LogP contribution in [0.5, 0.6) is 0 Å². The van der Waals surface area contributed by atoms with Gasteiger partial charge in [-0.15, -0.1) is 0 Å². The van der Waals surface area contributed by atoms with E-state index in [0.29, 0.717) is 5.78 Å². The molecule has 2 rings (SSSR count). The zero-order valence-electron chi connectivity index (χ0n) is 11.5. The molecule has 0 amide bonds. The molecular weight excluding hydrogens is 212 g/mol. The van der Waals surface area contributed by atoms with Crippen molar-refractivity contribution >= 4 is 5.78 Å². The van der Waals surface area contributed by atoms with Crippen LogP contribution < -0.4 is 0 Å². The van der Waals surface area contributed by atoms with Crippen LogP contribution in [0.4, 0.5) is 0 Å². The fourth-order valence-electron chi connectivity index (χ4n) is 3.26. The van der Waals surface area contributed by atoms with Gasteiger partial charge >= 0.3 is 0 Å². The molecule has 17 heavy (non-hydrogen) atoms. The summed E-state index contributed by atoms with van der Waals surface area (Å²) < 4.78 is 6.01. The van der Waals surface area contributed by atoms with Crippen molar-refractivity contribution in [2.45, 2.75) is 71.0 Å². The predicted molar refractivity (Wildman–Crippen MR) is 68.9 cm³/mol. The van der Waals surface area contributed by atoms with Crippen molar-refractivity contribution in [2.24, 2.45) is 5.92 Å². The summed E-state index contributed by atoms with van der Waals surface area (Å²) in [4.78, 5) is 12.6. The summed E-state index contributed by atoms with van der Waals surface area (Å²) in [6.07, 6.45) is 7.41. The highest BCUT2D eigenvalue weighted by molar-refractivity contribution is 5.98. The van der Waals surface area contributed by atoms with Gasteiger partial charge in [0.15, 0.2) is 5.78 Å². The maximum Gasteiger partial charge on any atom is 0.164 e. The lowest BCUT2D eigenvalue weighted by Gasteiger charge is -2.27. The normalized spacial score (nSPS) is 31.1. The van der Waals surface area contributed by atoms with Crippen LogP contribution in [0.2, 0.25) is 0 Å². The molecule has 1 unspecified atom stereocenters. The average molecular weight is 236 g/mol. The summed E-state index contributed by atoms with van der Waals surface area (Å²) >= 11 is 0. The van der Waals surface area contributed by atoms with E-state index in [1.54, 1.807) is 0 Å². The van der Waals surface area contributed by atoms with E-state index >= 15 is 0 Å². The molecule has 0 saturated carbocycles. The Hall–Kier alpha value is -0.630. The molecule has 2 aliphatic rings. The Morgan fingerprint density at radius 3 is 2.47 bits per heavy atom. The summed E-state index contributed by atoms with van der Waals surface area (Å²) in [6.45, 7) is 8.26. The van der Waals surface area contributed by atoms with Crippen molar-refractivity contribution in [3.63, 3.8) is 0 Å². The predicted octanol–water partition coefficient (Wildman–Crippen LogP) is 3.65. The van der Waals surface area contributed by atoms with Crippen molar-refractivity contribution in [2.75, 3.05) is 0 Å². The maximum absolute atomic E-state index is 12.6. The third-order valence-corrected chi connectivity index (χ3v) is 4.00. The third-order valence-electron chi connectivity index (χ3n) is 4.00. The molecule has 2 heteroatoms. The van der Waals surface area contributed by atoms with E-state index in [1.807, 2.05) is 13.8 Å². The quantitative estimate of drug-likeness (QED) is 0.731. The Morgan fingerprint density at radius 2 is 2.00 bits per heavy atom. The van der Waals surface area contributed by atoms with E-state index in [0.717, 1.165) is 31.3 Å². The fourth-order valence-corrected chi connectivity index (χ4v) is 3.26. The van der Waals surface area contributed by atoms with Gasteiger partial charge in [0.25, 0.3) is 0 Å². The van der Waals surface area contributed by atoms with Crippen LogP contribution in [0.15, 0.2) is 11.6 Å². The first-order valence-corrected chi connectivity index (χ1v) is 6.75. The first-order valence-electron chi connectivity index (χ1n) is 6.75. The second-order valence-electron chi connectivity index (χ2n) is 6.56. The van der Waals surface area contributed by atoms with Crippen molar-refractivity contribution in [3.05, 3.63) is 11.6 Å². The number of hydrogen-bond donors (Lipinski definition) is 0. The van der Waals surface area contributed by atoms with Gasteiger partial charge in [-0.3, -0.25) is 4.79 Å². The summed E-state index contributed by atoms with van der Waals surface area (Å²) in [5, 5.41) is 0. The highest BCUT2D eigenvalue weighted by Gasteiger charge is 2.49. The maximum atomic E-state index is 12.6. The Morgan fingerprint density at radius 1 is 1.29 bits per heavy atom. The second-order valence-corrected chi connectivity index (χ2v) is 6.56. The number of rotatable bonds is 2. The smallest absolute Gasteiger partial charge is 0.164 e. The average Bonchev–Trinajstić information content (AvgIpc) is 2.47. The number of carbonyl (C=O) groups is 1. The largest absolute Gasteiger partial charge is 0.369 e. The van der Waals surface area contributed by atoms with Crippen LogP contribution >= 0.6 is 0 Å². The molecule has 0 aromatic rings. The molecule has 0 bridgehead atoms. The molecule has 0 N–H and O–H groups in total. The summed E-state index contributed by atoms with van der Waals surface area (Å²) in [6, 6.07) is 0. The molecule has 1 aliphatic heterocycles. The van der Waals surface area contributed by atoms with Crippen molar-refractivity contribution < 1.29 is 9.53 Å². The molecule has 1 saturated heterocycles. The molecule has 0 aromatic heterocycles. The summed E-state index contributed by atoms with van der Waals surface area (Å²) in [5.74, 6) is 0.363. The topological polar surface area (TPSA) is 26.3 Å². The van der Waals surface area contributed by atoms with Crippen molar-refractivity contribution in [3.8, 4) is 0 Å². The Kier molecular flexibility index (Phi) is 3.19. The zero-order valence-corrected chi connectivity index (χ0v) is 11.5.